The molecule has 1 amide bonds. The Morgan fingerprint density at radius 3 is 3.00 bits per heavy atom. The van der Waals surface area contributed by atoms with Gasteiger partial charge < -0.3 is 14.8 Å². The van der Waals surface area contributed by atoms with Crippen LogP contribution in [-0.4, -0.2) is 41.6 Å². The van der Waals surface area contributed by atoms with Gasteiger partial charge in [0, 0.05) is 49.3 Å². The van der Waals surface area contributed by atoms with Crippen LogP contribution in [0.2, 0.25) is 0 Å². The zero-order valence-electron chi connectivity index (χ0n) is 11.2. The molecule has 1 aromatic heterocycles. The fraction of sp³-hybridized carbons (Fsp3) is 0.400. The topological polar surface area (TPSA) is 37.3 Å². The van der Waals surface area contributed by atoms with Crippen LogP contribution in [0.4, 0.5) is 0 Å². The van der Waals surface area contributed by atoms with Crippen molar-refractivity contribution < 1.29 is 4.79 Å². The number of benzene rings is 1. The minimum absolute atomic E-state index is 0.148. The predicted molar refractivity (Wildman–Crippen MR) is 76.3 cm³/mol. The minimum atomic E-state index is 0.148. The van der Waals surface area contributed by atoms with E-state index in [9.17, 15) is 4.79 Å². The molecule has 19 heavy (non-hydrogen) atoms. The summed E-state index contributed by atoms with van der Waals surface area (Å²) in [5.41, 5.74) is 1.95. The monoisotopic (exact) mass is 257 g/mol. The van der Waals surface area contributed by atoms with E-state index < -0.39 is 0 Å². The molecule has 4 heteroatoms. The van der Waals surface area contributed by atoms with Crippen molar-refractivity contribution in [1.29, 1.82) is 0 Å². The molecule has 100 valence electrons. The lowest BCUT2D eigenvalue weighted by Gasteiger charge is -2.20. The third-order valence-corrected chi connectivity index (χ3v) is 3.76. The summed E-state index contributed by atoms with van der Waals surface area (Å²) >= 11 is 0. The van der Waals surface area contributed by atoms with Crippen LogP contribution in [0.3, 0.4) is 0 Å². The van der Waals surface area contributed by atoms with Gasteiger partial charge in [-0.2, -0.15) is 0 Å². The van der Waals surface area contributed by atoms with Crippen LogP contribution >= 0.6 is 0 Å². The molecule has 0 radical (unpaired) electrons. The van der Waals surface area contributed by atoms with Crippen LogP contribution < -0.4 is 5.32 Å². The highest BCUT2D eigenvalue weighted by atomic mass is 16.2. The molecular weight excluding hydrogens is 238 g/mol. The molecule has 0 saturated carbocycles. The Hall–Kier alpha value is -1.81. The lowest BCUT2D eigenvalue weighted by Crippen LogP contribution is -2.34. The summed E-state index contributed by atoms with van der Waals surface area (Å²) in [6, 6.07) is 8.01. The van der Waals surface area contributed by atoms with E-state index >= 15 is 0 Å². The number of hydrogen-bond acceptors (Lipinski definition) is 2. The minimum Gasteiger partial charge on any atom is -0.351 e. The van der Waals surface area contributed by atoms with Gasteiger partial charge in [-0.15, -0.1) is 0 Å². The molecule has 1 fully saturated rings. The van der Waals surface area contributed by atoms with Crippen molar-refractivity contribution in [2.45, 2.75) is 6.42 Å². The first kappa shape index (κ1) is 12.2. The summed E-state index contributed by atoms with van der Waals surface area (Å²) in [5, 5.41) is 4.45. The second-order valence-corrected chi connectivity index (χ2v) is 5.10. The van der Waals surface area contributed by atoms with E-state index in [1.165, 1.54) is 0 Å². The number of carbonyl (C=O) groups is 1. The van der Waals surface area contributed by atoms with Gasteiger partial charge in [0.15, 0.2) is 0 Å². The van der Waals surface area contributed by atoms with Crippen molar-refractivity contribution in [3.63, 3.8) is 0 Å². The lowest BCUT2D eigenvalue weighted by molar-refractivity contribution is 0.0766. The fourth-order valence-electron chi connectivity index (χ4n) is 2.65. The van der Waals surface area contributed by atoms with Gasteiger partial charge in [0.1, 0.15) is 0 Å². The summed E-state index contributed by atoms with van der Waals surface area (Å²) in [4.78, 5) is 14.4. The maximum atomic E-state index is 12.5. The van der Waals surface area contributed by atoms with Gasteiger partial charge in [0.2, 0.25) is 0 Å². The molecule has 1 aliphatic heterocycles. The summed E-state index contributed by atoms with van der Waals surface area (Å²) in [6.45, 7) is 3.53. The van der Waals surface area contributed by atoms with E-state index in [1.54, 1.807) is 0 Å². The molecule has 0 atom stereocenters. The summed E-state index contributed by atoms with van der Waals surface area (Å²) < 4.78 is 2.07. The molecule has 1 aromatic carbocycles. The number of rotatable bonds is 1. The standard InChI is InChI=1S/C15H19N3O/c1-17-9-5-12-11-13(3-4-14(12)17)15(19)18-8-2-6-16-7-10-18/h3-5,9,11,16H,2,6-8,10H2,1H3. The Balaban J connectivity index is 1.88. The number of hydrogen-bond donors (Lipinski definition) is 1. The lowest BCUT2D eigenvalue weighted by atomic mass is 10.1. The Morgan fingerprint density at radius 1 is 1.21 bits per heavy atom. The second-order valence-electron chi connectivity index (χ2n) is 5.10. The maximum Gasteiger partial charge on any atom is 0.253 e. The number of aryl methyl sites for hydroxylation is 1. The molecule has 1 aliphatic rings. The molecule has 1 saturated heterocycles. The Labute approximate surface area is 113 Å². The van der Waals surface area contributed by atoms with Crippen molar-refractivity contribution in [3.8, 4) is 0 Å². The number of fused-ring (bicyclic) bond motifs is 1. The zero-order chi connectivity index (χ0) is 13.2. The van der Waals surface area contributed by atoms with E-state index in [1.807, 2.05) is 36.3 Å². The molecule has 2 heterocycles. The number of nitrogens with one attached hydrogen (secondary N) is 1. The van der Waals surface area contributed by atoms with Crippen LogP contribution in [0.25, 0.3) is 10.9 Å². The average Bonchev–Trinajstić information content (AvgIpc) is 2.67. The first-order valence-electron chi connectivity index (χ1n) is 6.81. The van der Waals surface area contributed by atoms with Crippen LogP contribution in [0.5, 0.6) is 0 Å². The molecule has 1 N–H and O–H groups in total. The van der Waals surface area contributed by atoms with E-state index in [2.05, 4.69) is 16.0 Å². The van der Waals surface area contributed by atoms with Crippen LogP contribution in [0, 0.1) is 0 Å². The molecule has 0 unspecified atom stereocenters. The number of amides is 1. The molecule has 0 aliphatic carbocycles. The van der Waals surface area contributed by atoms with Crippen molar-refractivity contribution in [2.75, 3.05) is 26.2 Å². The van der Waals surface area contributed by atoms with Gasteiger partial charge in [-0.05, 0) is 37.2 Å². The third-order valence-electron chi connectivity index (χ3n) is 3.76. The second kappa shape index (κ2) is 5.05. The van der Waals surface area contributed by atoms with Gasteiger partial charge in [0.05, 0.1) is 0 Å². The smallest absolute Gasteiger partial charge is 0.253 e. The van der Waals surface area contributed by atoms with Crippen molar-refractivity contribution in [1.82, 2.24) is 14.8 Å². The molecular formula is C15H19N3O. The first-order valence-corrected chi connectivity index (χ1v) is 6.81. The number of carbonyl (C=O) groups excluding carboxylic acids is 1. The van der Waals surface area contributed by atoms with Crippen LogP contribution in [0.1, 0.15) is 16.8 Å². The predicted octanol–water partition coefficient (Wildman–Crippen LogP) is 1.61. The van der Waals surface area contributed by atoms with Crippen molar-refractivity contribution in [3.05, 3.63) is 36.0 Å². The Bertz CT molecular complexity index is 594. The maximum absolute atomic E-state index is 12.5. The summed E-state index contributed by atoms with van der Waals surface area (Å²) in [7, 11) is 2.02. The van der Waals surface area contributed by atoms with E-state index in [-0.39, 0.29) is 5.91 Å². The molecule has 0 spiro atoms. The van der Waals surface area contributed by atoms with E-state index in [4.69, 9.17) is 0 Å². The Kier molecular flexibility index (Phi) is 3.25. The molecule has 0 bridgehead atoms. The average molecular weight is 257 g/mol. The van der Waals surface area contributed by atoms with Gasteiger partial charge in [0.25, 0.3) is 5.91 Å². The zero-order valence-corrected chi connectivity index (χ0v) is 11.2. The Morgan fingerprint density at radius 2 is 2.11 bits per heavy atom. The van der Waals surface area contributed by atoms with Crippen LogP contribution in [0.15, 0.2) is 30.5 Å². The summed E-state index contributed by atoms with van der Waals surface area (Å²) in [5.74, 6) is 0.148. The fourth-order valence-corrected chi connectivity index (χ4v) is 2.65. The summed E-state index contributed by atoms with van der Waals surface area (Å²) in [6.07, 6.45) is 3.05. The highest BCUT2D eigenvalue weighted by Gasteiger charge is 2.17. The highest BCUT2D eigenvalue weighted by Crippen LogP contribution is 2.18. The number of nitrogens with zero attached hydrogens (tertiary/aromatic N) is 2. The molecule has 4 nitrogen and oxygen atoms in total. The van der Waals surface area contributed by atoms with E-state index in [0.717, 1.165) is 49.1 Å². The van der Waals surface area contributed by atoms with Crippen molar-refractivity contribution >= 4 is 16.8 Å². The molecule has 3 rings (SSSR count). The van der Waals surface area contributed by atoms with Crippen molar-refractivity contribution in [2.24, 2.45) is 7.05 Å². The third kappa shape index (κ3) is 2.36. The van der Waals surface area contributed by atoms with Gasteiger partial charge in [-0.1, -0.05) is 0 Å². The SMILES string of the molecule is Cn1ccc2cc(C(=O)N3CCCNCC3)ccc21. The molecule has 2 aromatic rings. The first-order chi connectivity index (χ1) is 9.25. The number of aromatic nitrogens is 1. The van der Waals surface area contributed by atoms with Gasteiger partial charge >= 0.3 is 0 Å². The largest absolute Gasteiger partial charge is 0.351 e. The highest BCUT2D eigenvalue weighted by molar-refractivity contribution is 5.98. The van der Waals surface area contributed by atoms with Gasteiger partial charge in [-0.25, -0.2) is 0 Å². The quantitative estimate of drug-likeness (QED) is 0.843. The normalized spacial score (nSPS) is 16.6. The van der Waals surface area contributed by atoms with Crippen LogP contribution in [-0.2, 0) is 7.05 Å². The van der Waals surface area contributed by atoms with E-state index in [0.29, 0.717) is 0 Å². The van der Waals surface area contributed by atoms with Gasteiger partial charge in [-0.3, -0.25) is 4.79 Å².